The van der Waals surface area contributed by atoms with Crippen molar-refractivity contribution < 1.29 is 9.90 Å². The van der Waals surface area contributed by atoms with E-state index in [1.165, 1.54) is 22.7 Å². The zero-order chi connectivity index (χ0) is 16.6. The van der Waals surface area contributed by atoms with Crippen LogP contribution in [0.15, 0.2) is 47.4 Å². The van der Waals surface area contributed by atoms with Gasteiger partial charge in [0.15, 0.2) is 4.32 Å². The van der Waals surface area contributed by atoms with Gasteiger partial charge in [-0.2, -0.15) is 0 Å². The number of thioether (sulfide) groups is 1. The van der Waals surface area contributed by atoms with Gasteiger partial charge in [-0.25, -0.2) is 0 Å². The molecular formula is C17H12ClNO2S2. The summed E-state index contributed by atoms with van der Waals surface area (Å²) in [7, 11) is 0. The van der Waals surface area contributed by atoms with Crippen LogP contribution >= 0.6 is 35.6 Å². The lowest BCUT2D eigenvalue weighted by atomic mass is 10.2. The first kappa shape index (κ1) is 16.1. The lowest BCUT2D eigenvalue weighted by molar-refractivity contribution is -0.113. The number of hydrogen-bond acceptors (Lipinski definition) is 4. The first-order chi connectivity index (χ1) is 11.0. The Labute approximate surface area is 148 Å². The highest BCUT2D eigenvalue weighted by atomic mass is 35.5. The summed E-state index contributed by atoms with van der Waals surface area (Å²) in [5, 5.41) is 9.70. The molecule has 1 N–H and O–H groups in total. The summed E-state index contributed by atoms with van der Waals surface area (Å²) < 4.78 is 0.495. The van der Waals surface area contributed by atoms with Crippen molar-refractivity contribution in [3.63, 3.8) is 0 Å². The standard InChI is InChI=1S/C17H12ClNO2S2/c1-10-2-5-12(6-3-10)19-16(21)15(23-17(19)22)9-11-4-7-14(20)13(18)8-11/h2-9,20H,1H3. The van der Waals surface area contributed by atoms with Crippen LogP contribution in [0.1, 0.15) is 11.1 Å². The van der Waals surface area contributed by atoms with Gasteiger partial charge >= 0.3 is 0 Å². The maximum atomic E-state index is 12.6. The number of nitrogens with zero attached hydrogens (tertiary/aromatic N) is 1. The average molecular weight is 362 g/mol. The zero-order valence-electron chi connectivity index (χ0n) is 12.1. The molecule has 116 valence electrons. The first-order valence-electron chi connectivity index (χ1n) is 6.79. The van der Waals surface area contributed by atoms with Crippen molar-refractivity contribution in [2.24, 2.45) is 0 Å². The average Bonchev–Trinajstić information content (AvgIpc) is 2.79. The van der Waals surface area contributed by atoms with Gasteiger partial charge in [0, 0.05) is 0 Å². The SMILES string of the molecule is Cc1ccc(N2C(=O)C(=Cc3ccc(O)c(Cl)c3)SC2=S)cc1. The Kier molecular flexibility index (Phi) is 4.43. The van der Waals surface area contributed by atoms with E-state index in [-0.39, 0.29) is 16.7 Å². The largest absolute Gasteiger partial charge is 0.506 e. The van der Waals surface area contributed by atoms with Crippen molar-refractivity contribution in [1.82, 2.24) is 0 Å². The summed E-state index contributed by atoms with van der Waals surface area (Å²) in [6.45, 7) is 1.99. The number of hydrogen-bond donors (Lipinski definition) is 1. The lowest BCUT2D eigenvalue weighted by Gasteiger charge is -2.14. The molecule has 0 unspecified atom stereocenters. The minimum absolute atomic E-state index is 0.0102. The lowest BCUT2D eigenvalue weighted by Crippen LogP contribution is -2.27. The van der Waals surface area contributed by atoms with Gasteiger partial charge in [0.1, 0.15) is 5.75 Å². The van der Waals surface area contributed by atoms with Gasteiger partial charge in [-0.3, -0.25) is 9.69 Å². The van der Waals surface area contributed by atoms with Crippen LogP contribution in [0, 0.1) is 6.92 Å². The third-order valence-corrected chi connectivity index (χ3v) is 4.96. The normalized spacial score (nSPS) is 16.4. The minimum atomic E-state index is -0.159. The van der Waals surface area contributed by atoms with E-state index in [2.05, 4.69) is 0 Å². The number of carbonyl (C=O) groups is 1. The summed E-state index contributed by atoms with van der Waals surface area (Å²) in [6.07, 6.45) is 1.72. The number of thiocarbonyl (C=S) groups is 1. The van der Waals surface area contributed by atoms with Crippen LogP contribution in [0.2, 0.25) is 5.02 Å². The highest BCUT2D eigenvalue weighted by molar-refractivity contribution is 8.27. The van der Waals surface area contributed by atoms with Crippen molar-refractivity contribution in [2.75, 3.05) is 4.90 Å². The van der Waals surface area contributed by atoms with Crippen molar-refractivity contribution in [1.29, 1.82) is 0 Å². The Balaban J connectivity index is 1.92. The third kappa shape index (κ3) is 3.27. The number of aryl methyl sites for hydroxylation is 1. The van der Waals surface area contributed by atoms with E-state index in [1.807, 2.05) is 31.2 Å². The van der Waals surface area contributed by atoms with Crippen molar-refractivity contribution in [2.45, 2.75) is 6.92 Å². The second kappa shape index (κ2) is 6.35. The zero-order valence-corrected chi connectivity index (χ0v) is 14.5. The number of rotatable bonds is 2. The highest BCUT2D eigenvalue weighted by Crippen LogP contribution is 2.36. The molecule has 6 heteroatoms. The van der Waals surface area contributed by atoms with Gasteiger partial charge in [-0.05, 0) is 42.8 Å². The molecule has 0 bridgehead atoms. The predicted octanol–water partition coefficient (Wildman–Crippen LogP) is 4.76. The minimum Gasteiger partial charge on any atom is -0.506 e. The Morgan fingerprint density at radius 2 is 1.91 bits per heavy atom. The third-order valence-electron chi connectivity index (χ3n) is 3.36. The molecule has 1 amide bonds. The fourth-order valence-corrected chi connectivity index (χ4v) is 3.64. The summed E-state index contributed by atoms with van der Waals surface area (Å²) in [6, 6.07) is 12.4. The van der Waals surface area contributed by atoms with Crippen LogP contribution < -0.4 is 4.90 Å². The molecule has 0 radical (unpaired) electrons. The van der Waals surface area contributed by atoms with Gasteiger partial charge in [0.25, 0.3) is 5.91 Å². The number of anilines is 1. The van der Waals surface area contributed by atoms with Crippen LogP contribution in [0.4, 0.5) is 5.69 Å². The monoisotopic (exact) mass is 361 g/mol. The maximum Gasteiger partial charge on any atom is 0.270 e. The summed E-state index contributed by atoms with van der Waals surface area (Å²) in [4.78, 5) is 14.7. The molecule has 2 aromatic carbocycles. The van der Waals surface area contributed by atoms with Gasteiger partial charge in [-0.1, -0.05) is 59.3 Å². The molecule has 3 rings (SSSR count). The molecule has 0 atom stereocenters. The Hall–Kier alpha value is -1.82. The van der Waals surface area contributed by atoms with E-state index < -0.39 is 0 Å². The topological polar surface area (TPSA) is 40.5 Å². The Morgan fingerprint density at radius 1 is 1.22 bits per heavy atom. The van der Waals surface area contributed by atoms with Crippen molar-refractivity contribution >= 4 is 57.6 Å². The van der Waals surface area contributed by atoms with Gasteiger partial charge in [0.05, 0.1) is 15.6 Å². The molecule has 23 heavy (non-hydrogen) atoms. The molecule has 0 saturated carbocycles. The number of halogens is 1. The number of aromatic hydroxyl groups is 1. The Morgan fingerprint density at radius 3 is 2.57 bits per heavy atom. The summed E-state index contributed by atoms with van der Waals surface area (Å²) in [5.41, 5.74) is 2.61. The van der Waals surface area contributed by atoms with E-state index >= 15 is 0 Å². The Bertz CT molecular complexity index is 831. The number of benzene rings is 2. The fraction of sp³-hybridized carbons (Fsp3) is 0.0588. The van der Waals surface area contributed by atoms with E-state index in [0.29, 0.717) is 9.23 Å². The molecule has 1 heterocycles. The molecular weight excluding hydrogens is 350 g/mol. The molecule has 2 aromatic rings. The molecule has 0 aliphatic carbocycles. The van der Waals surface area contributed by atoms with E-state index in [0.717, 1.165) is 16.8 Å². The number of phenolic OH excluding ortho intramolecular Hbond substituents is 1. The van der Waals surface area contributed by atoms with Crippen molar-refractivity contribution in [3.8, 4) is 5.75 Å². The van der Waals surface area contributed by atoms with E-state index in [1.54, 1.807) is 18.2 Å². The molecule has 1 aliphatic heterocycles. The number of phenols is 1. The smallest absolute Gasteiger partial charge is 0.270 e. The van der Waals surface area contributed by atoms with Crippen molar-refractivity contribution in [3.05, 3.63) is 63.5 Å². The van der Waals surface area contributed by atoms with Crippen LogP contribution in [-0.2, 0) is 4.79 Å². The van der Waals surface area contributed by atoms with E-state index in [4.69, 9.17) is 23.8 Å². The molecule has 1 saturated heterocycles. The number of carbonyl (C=O) groups excluding carboxylic acids is 1. The quantitative estimate of drug-likeness (QED) is 0.618. The molecule has 0 spiro atoms. The van der Waals surface area contributed by atoms with Crippen LogP contribution in [0.5, 0.6) is 5.75 Å². The van der Waals surface area contributed by atoms with Crippen LogP contribution in [-0.4, -0.2) is 15.3 Å². The van der Waals surface area contributed by atoms with Gasteiger partial charge in [-0.15, -0.1) is 0 Å². The van der Waals surface area contributed by atoms with E-state index in [9.17, 15) is 9.90 Å². The predicted molar refractivity (Wildman–Crippen MR) is 99.9 cm³/mol. The highest BCUT2D eigenvalue weighted by Gasteiger charge is 2.33. The van der Waals surface area contributed by atoms with Crippen LogP contribution in [0.25, 0.3) is 6.08 Å². The summed E-state index contributed by atoms with van der Waals surface area (Å²) >= 11 is 12.5. The van der Waals surface area contributed by atoms with Gasteiger partial charge < -0.3 is 5.11 Å². The number of amides is 1. The fourth-order valence-electron chi connectivity index (χ4n) is 2.15. The maximum absolute atomic E-state index is 12.6. The van der Waals surface area contributed by atoms with Crippen LogP contribution in [0.3, 0.4) is 0 Å². The molecule has 0 aromatic heterocycles. The molecule has 1 fully saturated rings. The first-order valence-corrected chi connectivity index (χ1v) is 8.39. The summed E-state index contributed by atoms with van der Waals surface area (Å²) in [5.74, 6) is -0.149. The van der Waals surface area contributed by atoms with Gasteiger partial charge in [0.2, 0.25) is 0 Å². The molecule has 1 aliphatic rings. The second-order valence-corrected chi connectivity index (χ2v) is 7.15. The second-order valence-electron chi connectivity index (χ2n) is 5.06. The molecule has 3 nitrogen and oxygen atoms in total.